The normalized spacial score (nSPS) is 15.6. The Morgan fingerprint density at radius 1 is 1.42 bits per heavy atom. The van der Waals surface area contributed by atoms with Crippen molar-refractivity contribution in [2.75, 3.05) is 5.75 Å². The summed E-state index contributed by atoms with van der Waals surface area (Å²) in [4.78, 5) is 26.1. The highest BCUT2D eigenvalue weighted by Crippen LogP contribution is 2.32. The minimum atomic E-state index is -0.823. The molecule has 2 rings (SSSR count). The highest BCUT2D eigenvalue weighted by molar-refractivity contribution is 7.99. The first-order valence-corrected chi connectivity index (χ1v) is 7.28. The standard InChI is InChI=1S/C11H17N5O2S/c12-10(18)13-8(17)5-6-19-11-14-9(15-16-11)7-3-1-2-4-7/h7H,1-6H2,(H,14,15,16)(H3,12,13,17,18). The van der Waals surface area contributed by atoms with Crippen LogP contribution in [0.1, 0.15) is 43.8 Å². The Balaban J connectivity index is 1.74. The number of nitrogens with zero attached hydrogens (tertiary/aromatic N) is 2. The van der Waals surface area contributed by atoms with E-state index in [1.807, 2.05) is 5.32 Å². The van der Waals surface area contributed by atoms with Gasteiger partial charge in [0.2, 0.25) is 11.1 Å². The van der Waals surface area contributed by atoms with Crippen LogP contribution in [0.25, 0.3) is 0 Å². The second kappa shape index (κ2) is 6.55. The summed E-state index contributed by atoms with van der Waals surface area (Å²) in [6.45, 7) is 0. The minimum absolute atomic E-state index is 0.209. The molecule has 0 bridgehead atoms. The maximum atomic E-state index is 11.2. The van der Waals surface area contributed by atoms with Crippen molar-refractivity contribution in [1.82, 2.24) is 20.5 Å². The van der Waals surface area contributed by atoms with Crippen molar-refractivity contribution in [3.05, 3.63) is 5.82 Å². The third-order valence-corrected chi connectivity index (χ3v) is 3.90. The molecule has 0 spiro atoms. The molecule has 1 saturated carbocycles. The van der Waals surface area contributed by atoms with Crippen molar-refractivity contribution in [1.29, 1.82) is 0 Å². The Bertz CT molecular complexity index is 456. The molecule has 104 valence electrons. The van der Waals surface area contributed by atoms with Crippen LogP contribution in [0, 0.1) is 0 Å². The molecule has 1 fully saturated rings. The summed E-state index contributed by atoms with van der Waals surface area (Å²) < 4.78 is 0. The Morgan fingerprint density at radius 3 is 2.84 bits per heavy atom. The van der Waals surface area contributed by atoms with Crippen molar-refractivity contribution < 1.29 is 9.59 Å². The average Bonchev–Trinajstić information content (AvgIpc) is 2.97. The predicted octanol–water partition coefficient (Wildman–Crippen LogP) is 1.14. The van der Waals surface area contributed by atoms with Gasteiger partial charge < -0.3 is 5.73 Å². The molecule has 0 radical (unpaired) electrons. The molecule has 0 aromatic carbocycles. The van der Waals surface area contributed by atoms with Gasteiger partial charge in [-0.1, -0.05) is 24.6 Å². The SMILES string of the molecule is NC(=O)NC(=O)CCSc1n[nH]c(C2CCCC2)n1. The number of primary amides is 1. The Kier molecular flexibility index (Phi) is 4.78. The molecule has 1 aromatic rings. The number of H-pyrrole nitrogens is 1. The minimum Gasteiger partial charge on any atom is -0.351 e. The van der Waals surface area contributed by atoms with Gasteiger partial charge in [0.25, 0.3) is 0 Å². The third kappa shape index (κ3) is 4.23. The highest BCUT2D eigenvalue weighted by Gasteiger charge is 2.20. The van der Waals surface area contributed by atoms with Gasteiger partial charge >= 0.3 is 6.03 Å². The number of nitrogens with one attached hydrogen (secondary N) is 2. The maximum absolute atomic E-state index is 11.2. The number of carbonyl (C=O) groups excluding carboxylic acids is 2. The summed E-state index contributed by atoms with van der Waals surface area (Å²) in [5.74, 6) is 1.58. The van der Waals surface area contributed by atoms with Gasteiger partial charge in [-0.2, -0.15) is 0 Å². The van der Waals surface area contributed by atoms with Crippen LogP contribution >= 0.6 is 11.8 Å². The molecule has 8 heteroatoms. The quantitative estimate of drug-likeness (QED) is 0.701. The summed E-state index contributed by atoms with van der Waals surface area (Å²) in [5.41, 5.74) is 4.84. The molecule has 0 unspecified atom stereocenters. The molecule has 0 saturated heterocycles. The smallest absolute Gasteiger partial charge is 0.318 e. The van der Waals surface area contributed by atoms with Crippen LogP contribution in [0.15, 0.2) is 5.16 Å². The number of hydrogen-bond donors (Lipinski definition) is 3. The van der Waals surface area contributed by atoms with Crippen LogP contribution in [0.4, 0.5) is 4.79 Å². The van der Waals surface area contributed by atoms with Crippen molar-refractivity contribution in [3.8, 4) is 0 Å². The van der Waals surface area contributed by atoms with Gasteiger partial charge in [0.1, 0.15) is 5.82 Å². The van der Waals surface area contributed by atoms with E-state index in [-0.39, 0.29) is 12.3 Å². The van der Waals surface area contributed by atoms with Crippen LogP contribution in [0.2, 0.25) is 0 Å². The summed E-state index contributed by atoms with van der Waals surface area (Å²) in [7, 11) is 0. The highest BCUT2D eigenvalue weighted by atomic mass is 32.2. The van der Waals surface area contributed by atoms with E-state index in [0.717, 1.165) is 5.82 Å². The fourth-order valence-electron chi connectivity index (χ4n) is 2.14. The first-order valence-electron chi connectivity index (χ1n) is 6.29. The molecule has 19 heavy (non-hydrogen) atoms. The summed E-state index contributed by atoms with van der Waals surface area (Å²) >= 11 is 1.39. The van der Waals surface area contributed by atoms with Crippen molar-refractivity contribution in [2.45, 2.75) is 43.2 Å². The molecule has 3 amide bonds. The topological polar surface area (TPSA) is 114 Å². The lowest BCUT2D eigenvalue weighted by Gasteiger charge is -2.01. The lowest BCUT2D eigenvalue weighted by atomic mass is 10.1. The average molecular weight is 283 g/mol. The van der Waals surface area contributed by atoms with Gasteiger partial charge in [0, 0.05) is 18.1 Å². The first kappa shape index (κ1) is 13.9. The Morgan fingerprint density at radius 2 is 2.16 bits per heavy atom. The Hall–Kier alpha value is -1.57. The number of rotatable bonds is 5. The fraction of sp³-hybridized carbons (Fsp3) is 0.636. The number of imide groups is 1. The Labute approximate surface area is 115 Å². The van der Waals surface area contributed by atoms with Gasteiger partial charge in [0.15, 0.2) is 0 Å². The summed E-state index contributed by atoms with van der Waals surface area (Å²) in [6.07, 6.45) is 5.05. The number of amides is 3. The number of aromatic amines is 1. The second-order valence-electron chi connectivity index (χ2n) is 4.50. The molecule has 1 aliphatic rings. The van der Waals surface area contributed by atoms with Crippen LogP contribution in [0.5, 0.6) is 0 Å². The molecule has 7 nitrogen and oxygen atoms in total. The van der Waals surface area contributed by atoms with Crippen LogP contribution < -0.4 is 11.1 Å². The first-order chi connectivity index (χ1) is 9.15. The molecule has 1 heterocycles. The zero-order chi connectivity index (χ0) is 13.7. The number of carbonyl (C=O) groups is 2. The number of aromatic nitrogens is 3. The van der Waals surface area contributed by atoms with Gasteiger partial charge in [-0.05, 0) is 12.8 Å². The molecular weight excluding hydrogens is 266 g/mol. The number of hydrogen-bond acceptors (Lipinski definition) is 5. The largest absolute Gasteiger partial charge is 0.351 e. The van der Waals surface area contributed by atoms with E-state index in [0.29, 0.717) is 16.8 Å². The van der Waals surface area contributed by atoms with Crippen molar-refractivity contribution >= 4 is 23.7 Å². The van der Waals surface area contributed by atoms with E-state index in [1.54, 1.807) is 0 Å². The molecule has 0 atom stereocenters. The zero-order valence-corrected chi connectivity index (χ0v) is 11.3. The lowest BCUT2D eigenvalue weighted by molar-refractivity contribution is -0.119. The molecular formula is C11H17N5O2S. The van der Waals surface area contributed by atoms with Gasteiger partial charge in [-0.25, -0.2) is 9.78 Å². The van der Waals surface area contributed by atoms with E-state index in [4.69, 9.17) is 5.73 Å². The van der Waals surface area contributed by atoms with Crippen LogP contribution in [-0.4, -0.2) is 32.9 Å². The van der Waals surface area contributed by atoms with Crippen LogP contribution in [0.3, 0.4) is 0 Å². The van der Waals surface area contributed by atoms with E-state index in [2.05, 4.69) is 15.2 Å². The van der Waals surface area contributed by atoms with E-state index >= 15 is 0 Å². The van der Waals surface area contributed by atoms with Gasteiger partial charge in [-0.15, -0.1) is 5.10 Å². The third-order valence-electron chi connectivity index (χ3n) is 3.05. The van der Waals surface area contributed by atoms with Crippen molar-refractivity contribution in [3.63, 3.8) is 0 Å². The molecule has 0 aliphatic heterocycles. The molecule has 4 N–H and O–H groups in total. The zero-order valence-electron chi connectivity index (χ0n) is 10.5. The monoisotopic (exact) mass is 283 g/mol. The summed E-state index contributed by atoms with van der Waals surface area (Å²) in [6, 6.07) is -0.823. The molecule has 1 aromatic heterocycles. The second-order valence-corrected chi connectivity index (χ2v) is 5.56. The van der Waals surface area contributed by atoms with Crippen molar-refractivity contribution in [2.24, 2.45) is 5.73 Å². The number of urea groups is 1. The maximum Gasteiger partial charge on any atom is 0.318 e. The fourth-order valence-corrected chi connectivity index (χ4v) is 2.88. The molecule has 1 aliphatic carbocycles. The lowest BCUT2D eigenvalue weighted by Crippen LogP contribution is -2.35. The number of thioether (sulfide) groups is 1. The van der Waals surface area contributed by atoms with E-state index in [1.165, 1.54) is 37.4 Å². The predicted molar refractivity (Wildman–Crippen MR) is 70.7 cm³/mol. The van der Waals surface area contributed by atoms with Gasteiger partial charge in [-0.3, -0.25) is 15.2 Å². The van der Waals surface area contributed by atoms with E-state index in [9.17, 15) is 9.59 Å². The van der Waals surface area contributed by atoms with Crippen LogP contribution in [-0.2, 0) is 4.79 Å². The van der Waals surface area contributed by atoms with E-state index < -0.39 is 6.03 Å². The number of nitrogens with two attached hydrogens (primary N) is 1. The summed E-state index contributed by atoms with van der Waals surface area (Å²) in [5, 5.41) is 9.75. The van der Waals surface area contributed by atoms with Gasteiger partial charge in [0.05, 0.1) is 0 Å².